The second kappa shape index (κ2) is 8.51. The fourth-order valence-corrected chi connectivity index (χ4v) is 3.85. The highest BCUT2D eigenvalue weighted by Gasteiger charge is 2.24. The van der Waals surface area contributed by atoms with Crippen LogP contribution in [0.4, 0.5) is 4.79 Å². The molecule has 4 nitrogen and oxygen atoms in total. The van der Waals surface area contributed by atoms with Gasteiger partial charge in [0, 0.05) is 18.1 Å². The molecule has 1 aromatic carbocycles. The Bertz CT molecular complexity index is 639. The minimum Gasteiger partial charge on any atom is -0.336 e. The van der Waals surface area contributed by atoms with Gasteiger partial charge in [-0.3, -0.25) is 4.90 Å². The quantitative estimate of drug-likeness (QED) is 0.813. The lowest BCUT2D eigenvalue weighted by Gasteiger charge is -2.27. The van der Waals surface area contributed by atoms with Crippen LogP contribution in [0.25, 0.3) is 0 Å². The van der Waals surface area contributed by atoms with Gasteiger partial charge in [0.05, 0.1) is 6.04 Å². The lowest BCUT2D eigenvalue weighted by Crippen LogP contribution is -2.41. The third-order valence-electron chi connectivity index (χ3n) is 4.33. The molecule has 1 aliphatic rings. The number of carbonyl (C=O) groups excluding carboxylic acids is 1. The zero-order chi connectivity index (χ0) is 16.8. The average Bonchev–Trinajstić information content (AvgIpc) is 3.29. The van der Waals surface area contributed by atoms with E-state index in [0.29, 0.717) is 18.1 Å². The number of urea groups is 1. The summed E-state index contributed by atoms with van der Waals surface area (Å²) in [5.41, 5.74) is 2.32. The van der Waals surface area contributed by atoms with Crippen LogP contribution in [0.3, 0.4) is 0 Å². The molecule has 1 atom stereocenters. The van der Waals surface area contributed by atoms with Gasteiger partial charge in [0.1, 0.15) is 0 Å². The number of likely N-dealkylation sites (tertiary alicyclic amines) is 1. The summed E-state index contributed by atoms with van der Waals surface area (Å²) >= 11 is 7.57. The molecule has 1 fully saturated rings. The van der Waals surface area contributed by atoms with Crippen LogP contribution in [0.2, 0.25) is 5.02 Å². The van der Waals surface area contributed by atoms with E-state index < -0.39 is 0 Å². The molecule has 1 unspecified atom stereocenters. The first-order valence-electron chi connectivity index (χ1n) is 8.24. The van der Waals surface area contributed by atoms with Gasteiger partial charge < -0.3 is 10.6 Å². The van der Waals surface area contributed by atoms with Gasteiger partial charge in [-0.25, -0.2) is 4.79 Å². The van der Waals surface area contributed by atoms with Crippen molar-refractivity contribution >= 4 is 29.0 Å². The van der Waals surface area contributed by atoms with E-state index >= 15 is 0 Å². The summed E-state index contributed by atoms with van der Waals surface area (Å²) in [6.07, 6.45) is 2.48. The highest BCUT2D eigenvalue weighted by Crippen LogP contribution is 2.26. The molecule has 1 aliphatic heterocycles. The predicted octanol–water partition coefficient (Wildman–Crippen LogP) is 4.04. The van der Waals surface area contributed by atoms with Gasteiger partial charge >= 0.3 is 6.03 Å². The summed E-state index contributed by atoms with van der Waals surface area (Å²) in [7, 11) is 0. The maximum absolute atomic E-state index is 12.1. The van der Waals surface area contributed by atoms with Gasteiger partial charge in [-0.1, -0.05) is 23.7 Å². The van der Waals surface area contributed by atoms with Crippen molar-refractivity contribution in [3.8, 4) is 0 Å². The molecular weight excluding hydrogens is 342 g/mol. The summed E-state index contributed by atoms with van der Waals surface area (Å²) in [4.78, 5) is 14.6. The van der Waals surface area contributed by atoms with Crippen molar-refractivity contribution in [3.63, 3.8) is 0 Å². The van der Waals surface area contributed by atoms with Gasteiger partial charge in [-0.05, 0) is 66.0 Å². The Labute approximate surface area is 151 Å². The molecule has 0 saturated carbocycles. The van der Waals surface area contributed by atoms with Crippen LogP contribution in [-0.4, -0.2) is 30.6 Å². The van der Waals surface area contributed by atoms with Crippen LogP contribution in [0.1, 0.15) is 30.0 Å². The number of halogens is 1. The van der Waals surface area contributed by atoms with Gasteiger partial charge in [0.25, 0.3) is 0 Å². The van der Waals surface area contributed by atoms with E-state index in [0.717, 1.165) is 18.7 Å². The Kier molecular flexibility index (Phi) is 6.12. The number of thiophene rings is 1. The molecule has 2 aromatic rings. The molecule has 2 amide bonds. The van der Waals surface area contributed by atoms with E-state index in [9.17, 15) is 4.79 Å². The van der Waals surface area contributed by atoms with Crippen LogP contribution in [0, 0.1) is 0 Å². The van der Waals surface area contributed by atoms with Crippen molar-refractivity contribution in [1.82, 2.24) is 15.5 Å². The Morgan fingerprint density at radius 2 is 1.92 bits per heavy atom. The molecule has 0 aliphatic carbocycles. The summed E-state index contributed by atoms with van der Waals surface area (Å²) in [5, 5.41) is 10.9. The van der Waals surface area contributed by atoms with Crippen molar-refractivity contribution in [2.45, 2.75) is 25.4 Å². The maximum Gasteiger partial charge on any atom is 0.315 e. The van der Waals surface area contributed by atoms with Crippen molar-refractivity contribution in [3.05, 3.63) is 57.2 Å². The lowest BCUT2D eigenvalue weighted by molar-refractivity contribution is 0.221. The normalized spacial score (nSPS) is 16.0. The second-order valence-corrected chi connectivity index (χ2v) is 7.22. The average molecular weight is 364 g/mol. The number of nitrogens with one attached hydrogen (secondary N) is 2. The first-order chi connectivity index (χ1) is 11.7. The summed E-state index contributed by atoms with van der Waals surface area (Å²) < 4.78 is 0. The molecule has 24 heavy (non-hydrogen) atoms. The van der Waals surface area contributed by atoms with Crippen LogP contribution in [0.5, 0.6) is 0 Å². The Balaban J connectivity index is 1.50. The fraction of sp³-hybridized carbons (Fsp3) is 0.389. The number of rotatable bonds is 6. The first kappa shape index (κ1) is 17.3. The zero-order valence-corrected chi connectivity index (χ0v) is 15.1. The van der Waals surface area contributed by atoms with Gasteiger partial charge in [0.15, 0.2) is 0 Å². The highest BCUT2D eigenvalue weighted by molar-refractivity contribution is 7.07. The highest BCUT2D eigenvalue weighted by atomic mass is 35.5. The molecule has 0 radical (unpaired) electrons. The monoisotopic (exact) mass is 363 g/mol. The Hall–Kier alpha value is -1.56. The molecule has 3 rings (SSSR count). The van der Waals surface area contributed by atoms with E-state index in [1.54, 1.807) is 11.3 Å². The van der Waals surface area contributed by atoms with Crippen molar-refractivity contribution in [2.75, 3.05) is 19.6 Å². The van der Waals surface area contributed by atoms with E-state index in [2.05, 4.69) is 32.4 Å². The Morgan fingerprint density at radius 3 is 2.58 bits per heavy atom. The van der Waals surface area contributed by atoms with Gasteiger partial charge in [-0.2, -0.15) is 11.3 Å². The lowest BCUT2D eigenvalue weighted by atomic mass is 10.1. The van der Waals surface area contributed by atoms with Crippen molar-refractivity contribution in [2.24, 2.45) is 0 Å². The van der Waals surface area contributed by atoms with E-state index in [1.807, 2.05) is 24.3 Å². The minimum absolute atomic E-state index is 0.135. The molecule has 1 saturated heterocycles. The second-order valence-electron chi connectivity index (χ2n) is 6.01. The Morgan fingerprint density at radius 1 is 1.17 bits per heavy atom. The summed E-state index contributed by atoms with van der Waals surface area (Å²) in [5.74, 6) is 0. The first-order valence-corrected chi connectivity index (χ1v) is 9.57. The standard InChI is InChI=1S/C18H22ClN3OS/c19-16-5-3-14(4-6-16)11-20-18(23)21-12-17(15-7-10-24-13-15)22-8-1-2-9-22/h3-7,10,13,17H,1-2,8-9,11-12H2,(H2,20,21,23). The predicted molar refractivity (Wildman–Crippen MR) is 99.6 cm³/mol. The van der Waals surface area contributed by atoms with Crippen molar-refractivity contribution < 1.29 is 4.79 Å². The number of benzene rings is 1. The molecular formula is C18H22ClN3OS. The summed E-state index contributed by atoms with van der Waals surface area (Å²) in [6.45, 7) is 3.34. The van der Waals surface area contributed by atoms with Crippen LogP contribution < -0.4 is 10.6 Å². The van der Waals surface area contributed by atoms with Crippen LogP contribution >= 0.6 is 22.9 Å². The molecule has 2 N–H and O–H groups in total. The van der Waals surface area contributed by atoms with Crippen LogP contribution in [0.15, 0.2) is 41.1 Å². The number of amides is 2. The molecule has 0 spiro atoms. The molecule has 128 valence electrons. The molecule has 0 bridgehead atoms. The molecule has 2 heterocycles. The van der Waals surface area contributed by atoms with E-state index in [1.165, 1.54) is 18.4 Å². The SMILES string of the molecule is O=C(NCc1ccc(Cl)cc1)NCC(c1ccsc1)N1CCCC1. The van der Waals surface area contributed by atoms with Gasteiger partial charge in [-0.15, -0.1) is 0 Å². The topological polar surface area (TPSA) is 44.4 Å². The van der Waals surface area contributed by atoms with Crippen LogP contribution in [-0.2, 0) is 6.54 Å². The van der Waals surface area contributed by atoms with Gasteiger partial charge in [0.2, 0.25) is 0 Å². The minimum atomic E-state index is -0.135. The third-order valence-corrected chi connectivity index (χ3v) is 5.29. The van der Waals surface area contributed by atoms with E-state index in [-0.39, 0.29) is 12.1 Å². The number of nitrogens with zero attached hydrogens (tertiary/aromatic N) is 1. The van der Waals surface area contributed by atoms with Crippen molar-refractivity contribution in [1.29, 1.82) is 0 Å². The maximum atomic E-state index is 12.1. The summed E-state index contributed by atoms with van der Waals surface area (Å²) in [6, 6.07) is 9.78. The van der Waals surface area contributed by atoms with E-state index in [4.69, 9.17) is 11.6 Å². The zero-order valence-electron chi connectivity index (χ0n) is 13.5. The fourth-order valence-electron chi connectivity index (χ4n) is 3.01. The molecule has 1 aromatic heterocycles. The molecule has 6 heteroatoms. The largest absolute Gasteiger partial charge is 0.336 e. The third kappa shape index (κ3) is 4.72. The number of hydrogen-bond donors (Lipinski definition) is 2. The number of hydrogen-bond acceptors (Lipinski definition) is 3. The number of carbonyl (C=O) groups is 1. The smallest absolute Gasteiger partial charge is 0.315 e.